The van der Waals surface area contributed by atoms with E-state index in [1.54, 1.807) is 0 Å². The zero-order valence-corrected chi connectivity index (χ0v) is 11.4. The second-order valence-corrected chi connectivity index (χ2v) is 5.72. The fraction of sp³-hybridized carbons (Fsp3) is 0.600. The van der Waals surface area contributed by atoms with Crippen molar-refractivity contribution in [3.63, 3.8) is 0 Å². The Hall–Kier alpha value is -1.00. The second-order valence-electron chi connectivity index (χ2n) is 5.72. The Morgan fingerprint density at radius 3 is 2.74 bits per heavy atom. The molecule has 1 N–H and O–H groups in total. The summed E-state index contributed by atoms with van der Waals surface area (Å²) >= 11 is 0. The highest BCUT2D eigenvalue weighted by Gasteiger charge is 2.41. The van der Waals surface area contributed by atoms with Crippen molar-refractivity contribution in [2.24, 2.45) is 0 Å². The highest BCUT2D eigenvalue weighted by atomic mass is 19.1. The molecule has 2 rings (SSSR count). The lowest BCUT2D eigenvalue weighted by Gasteiger charge is -2.43. The Balaban J connectivity index is 2.16. The van der Waals surface area contributed by atoms with Crippen LogP contribution in [0.3, 0.4) is 0 Å². The van der Waals surface area contributed by atoms with Crippen LogP contribution in [-0.2, 0) is 11.2 Å². The molecular formula is C15H20F2O2. The van der Waals surface area contributed by atoms with E-state index in [0.717, 1.165) is 12.5 Å². The molecule has 1 aliphatic rings. The number of benzene rings is 1. The van der Waals surface area contributed by atoms with E-state index in [4.69, 9.17) is 4.74 Å². The largest absolute Gasteiger partial charge is 0.389 e. The van der Waals surface area contributed by atoms with Gasteiger partial charge in [-0.05, 0) is 31.4 Å². The Morgan fingerprint density at radius 1 is 1.37 bits per heavy atom. The third-order valence-electron chi connectivity index (χ3n) is 4.00. The highest BCUT2D eigenvalue weighted by Crippen LogP contribution is 2.36. The number of ether oxygens (including phenoxy) is 1. The van der Waals surface area contributed by atoms with Gasteiger partial charge in [-0.15, -0.1) is 0 Å². The van der Waals surface area contributed by atoms with Gasteiger partial charge in [0, 0.05) is 18.9 Å². The zero-order valence-electron chi connectivity index (χ0n) is 11.4. The van der Waals surface area contributed by atoms with Crippen molar-refractivity contribution < 1.29 is 18.6 Å². The normalized spacial score (nSPS) is 31.4. The minimum atomic E-state index is -0.984. The number of halogens is 2. The summed E-state index contributed by atoms with van der Waals surface area (Å²) in [5.74, 6) is -1.20. The average molecular weight is 270 g/mol. The maximum atomic E-state index is 13.7. The van der Waals surface area contributed by atoms with Gasteiger partial charge in [0.05, 0.1) is 17.8 Å². The molecule has 1 fully saturated rings. The van der Waals surface area contributed by atoms with Gasteiger partial charge in [-0.1, -0.05) is 13.0 Å². The van der Waals surface area contributed by atoms with E-state index >= 15 is 0 Å². The van der Waals surface area contributed by atoms with Gasteiger partial charge in [0.1, 0.15) is 11.6 Å². The number of hydrogen-bond donors (Lipinski definition) is 1. The van der Waals surface area contributed by atoms with E-state index in [0.29, 0.717) is 25.0 Å². The Morgan fingerprint density at radius 2 is 2.11 bits per heavy atom. The molecule has 1 aliphatic heterocycles. The first-order valence-corrected chi connectivity index (χ1v) is 6.66. The zero-order chi connectivity index (χ0) is 14.1. The monoisotopic (exact) mass is 270 g/mol. The molecule has 0 aliphatic carbocycles. The Bertz CT molecular complexity index is 463. The van der Waals surface area contributed by atoms with Crippen LogP contribution in [0.15, 0.2) is 18.2 Å². The lowest BCUT2D eigenvalue weighted by molar-refractivity contribution is -0.153. The quantitative estimate of drug-likeness (QED) is 0.913. The topological polar surface area (TPSA) is 29.5 Å². The molecular weight excluding hydrogens is 250 g/mol. The second kappa shape index (κ2) is 5.17. The summed E-state index contributed by atoms with van der Waals surface area (Å²) in [6.07, 6.45) is 1.92. The van der Waals surface area contributed by atoms with Crippen LogP contribution >= 0.6 is 0 Å². The van der Waals surface area contributed by atoms with Crippen molar-refractivity contribution in [3.05, 3.63) is 35.4 Å². The van der Waals surface area contributed by atoms with E-state index in [-0.39, 0.29) is 12.0 Å². The Labute approximate surface area is 112 Å². The third-order valence-corrected chi connectivity index (χ3v) is 4.00. The van der Waals surface area contributed by atoms with Crippen molar-refractivity contribution in [1.29, 1.82) is 0 Å². The van der Waals surface area contributed by atoms with Crippen molar-refractivity contribution >= 4 is 0 Å². The predicted molar refractivity (Wildman–Crippen MR) is 68.9 cm³/mol. The highest BCUT2D eigenvalue weighted by molar-refractivity contribution is 5.21. The molecule has 0 amide bonds. The first-order chi connectivity index (χ1) is 8.86. The van der Waals surface area contributed by atoms with Crippen LogP contribution in [0.2, 0.25) is 0 Å². The van der Waals surface area contributed by atoms with Gasteiger partial charge in [0.25, 0.3) is 0 Å². The molecule has 1 heterocycles. The molecule has 1 aromatic rings. The summed E-state index contributed by atoms with van der Waals surface area (Å²) in [5.41, 5.74) is -1.00. The van der Waals surface area contributed by atoms with Gasteiger partial charge in [-0.3, -0.25) is 0 Å². The molecule has 19 heavy (non-hydrogen) atoms. The maximum Gasteiger partial charge on any atom is 0.129 e. The molecule has 0 saturated carbocycles. The standard InChI is InChI=1S/C15H20F2O2/c1-3-14(2)10-15(18,6-7-19-14)9-11-4-5-12(16)8-13(11)17/h4-5,8,18H,3,6-7,9-10H2,1-2H3. The smallest absolute Gasteiger partial charge is 0.129 e. The summed E-state index contributed by atoms with van der Waals surface area (Å²) in [4.78, 5) is 0. The number of rotatable bonds is 3. The van der Waals surface area contributed by atoms with Crippen LogP contribution in [-0.4, -0.2) is 22.9 Å². The minimum absolute atomic E-state index is 0.193. The maximum absolute atomic E-state index is 13.7. The summed E-state index contributed by atoms with van der Waals surface area (Å²) in [7, 11) is 0. The molecule has 2 unspecified atom stereocenters. The minimum Gasteiger partial charge on any atom is -0.389 e. The summed E-state index contributed by atoms with van der Waals surface area (Å²) in [5, 5.41) is 10.6. The summed E-state index contributed by atoms with van der Waals surface area (Å²) < 4.78 is 32.2. The molecule has 1 aromatic carbocycles. The molecule has 2 atom stereocenters. The van der Waals surface area contributed by atoms with Crippen LogP contribution < -0.4 is 0 Å². The third kappa shape index (κ3) is 3.31. The van der Waals surface area contributed by atoms with Crippen LogP contribution in [0.4, 0.5) is 8.78 Å². The molecule has 1 saturated heterocycles. The fourth-order valence-corrected chi connectivity index (χ4v) is 2.72. The lowest BCUT2D eigenvalue weighted by Crippen LogP contribution is -2.48. The lowest BCUT2D eigenvalue weighted by atomic mass is 9.78. The summed E-state index contributed by atoms with van der Waals surface area (Å²) in [6, 6.07) is 3.48. The van der Waals surface area contributed by atoms with Gasteiger partial charge < -0.3 is 9.84 Å². The number of aliphatic hydroxyl groups is 1. The van der Waals surface area contributed by atoms with E-state index < -0.39 is 17.2 Å². The molecule has 106 valence electrons. The van der Waals surface area contributed by atoms with Gasteiger partial charge in [0.2, 0.25) is 0 Å². The van der Waals surface area contributed by atoms with E-state index in [1.807, 2.05) is 13.8 Å². The Kier molecular flexibility index (Phi) is 3.92. The van der Waals surface area contributed by atoms with E-state index in [2.05, 4.69) is 0 Å². The van der Waals surface area contributed by atoms with Crippen molar-refractivity contribution in [2.75, 3.05) is 6.61 Å². The first kappa shape index (κ1) is 14.4. The SMILES string of the molecule is CCC1(C)CC(O)(Cc2ccc(F)cc2F)CCO1. The average Bonchev–Trinajstić information content (AvgIpc) is 2.33. The molecule has 0 aromatic heterocycles. The van der Waals surface area contributed by atoms with Crippen molar-refractivity contribution in [1.82, 2.24) is 0 Å². The van der Waals surface area contributed by atoms with Crippen LogP contribution in [0.1, 0.15) is 38.7 Å². The molecule has 4 heteroatoms. The molecule has 0 radical (unpaired) electrons. The fourth-order valence-electron chi connectivity index (χ4n) is 2.72. The van der Waals surface area contributed by atoms with Crippen LogP contribution in [0.5, 0.6) is 0 Å². The van der Waals surface area contributed by atoms with Crippen molar-refractivity contribution in [2.45, 2.75) is 50.7 Å². The predicted octanol–water partition coefficient (Wildman–Crippen LogP) is 3.22. The van der Waals surface area contributed by atoms with E-state index in [9.17, 15) is 13.9 Å². The molecule has 0 spiro atoms. The van der Waals surface area contributed by atoms with Gasteiger partial charge in [-0.25, -0.2) is 8.78 Å². The van der Waals surface area contributed by atoms with E-state index in [1.165, 1.54) is 12.1 Å². The van der Waals surface area contributed by atoms with Gasteiger partial charge in [-0.2, -0.15) is 0 Å². The molecule has 2 nitrogen and oxygen atoms in total. The van der Waals surface area contributed by atoms with Crippen LogP contribution in [0.25, 0.3) is 0 Å². The molecule has 0 bridgehead atoms. The summed E-state index contributed by atoms with van der Waals surface area (Å²) in [6.45, 7) is 4.42. The van der Waals surface area contributed by atoms with Crippen molar-refractivity contribution in [3.8, 4) is 0 Å². The number of hydrogen-bond acceptors (Lipinski definition) is 2. The van der Waals surface area contributed by atoms with Crippen LogP contribution in [0, 0.1) is 11.6 Å². The first-order valence-electron chi connectivity index (χ1n) is 6.66. The van der Waals surface area contributed by atoms with Gasteiger partial charge in [0.15, 0.2) is 0 Å². The van der Waals surface area contributed by atoms with Gasteiger partial charge >= 0.3 is 0 Å².